The van der Waals surface area contributed by atoms with Gasteiger partial charge < -0.3 is 30.3 Å². The molecule has 0 aliphatic carbocycles. The van der Waals surface area contributed by atoms with E-state index in [9.17, 15) is 19.8 Å². The molecule has 2 amide bonds. The van der Waals surface area contributed by atoms with Gasteiger partial charge in [-0.05, 0) is 23.3 Å². The van der Waals surface area contributed by atoms with Crippen LogP contribution in [0.15, 0.2) is 48.5 Å². The highest BCUT2D eigenvalue weighted by Gasteiger charge is 2.23. The molecule has 2 aromatic rings. The van der Waals surface area contributed by atoms with E-state index in [4.69, 9.17) is 9.47 Å². The predicted molar refractivity (Wildman–Crippen MR) is 96.2 cm³/mol. The molecule has 0 fully saturated rings. The molecule has 0 saturated carbocycles. The van der Waals surface area contributed by atoms with Gasteiger partial charge >= 0.3 is 6.09 Å². The van der Waals surface area contributed by atoms with Gasteiger partial charge in [0.05, 0.1) is 5.69 Å². The number of hydrogen-bond donors (Lipinski definition) is 4. The highest BCUT2D eigenvalue weighted by molar-refractivity contribution is 5.95. The van der Waals surface area contributed by atoms with Crippen molar-refractivity contribution in [2.75, 3.05) is 18.5 Å². The summed E-state index contributed by atoms with van der Waals surface area (Å²) >= 11 is 0. The first-order chi connectivity index (χ1) is 13.0. The molecule has 1 aliphatic heterocycles. The summed E-state index contributed by atoms with van der Waals surface area (Å²) in [5, 5.41) is 25.5. The summed E-state index contributed by atoms with van der Waals surface area (Å²) in [6.45, 7) is -0.188. The van der Waals surface area contributed by atoms with E-state index in [2.05, 4.69) is 10.6 Å². The van der Waals surface area contributed by atoms with Crippen molar-refractivity contribution in [3.05, 3.63) is 59.7 Å². The zero-order chi connectivity index (χ0) is 19.2. The second-order valence-corrected chi connectivity index (χ2v) is 6.05. The molecule has 27 heavy (non-hydrogen) atoms. The lowest BCUT2D eigenvalue weighted by molar-refractivity contribution is -0.118. The van der Waals surface area contributed by atoms with E-state index < -0.39 is 18.3 Å². The van der Waals surface area contributed by atoms with Crippen molar-refractivity contribution in [1.29, 1.82) is 0 Å². The molecule has 142 valence electrons. The van der Waals surface area contributed by atoms with Gasteiger partial charge in [-0.2, -0.15) is 0 Å². The molecule has 0 bridgehead atoms. The fourth-order valence-corrected chi connectivity index (χ4v) is 2.57. The monoisotopic (exact) mass is 372 g/mol. The minimum Gasteiger partial charge on any atom is -0.482 e. The third-order valence-electron chi connectivity index (χ3n) is 4.01. The van der Waals surface area contributed by atoms with Crippen molar-refractivity contribution in [2.24, 2.45) is 0 Å². The summed E-state index contributed by atoms with van der Waals surface area (Å²) in [5.41, 5.74) is 1.74. The smallest absolute Gasteiger partial charge is 0.407 e. The van der Waals surface area contributed by atoms with Gasteiger partial charge in [0.1, 0.15) is 24.6 Å². The topological polar surface area (TPSA) is 117 Å². The number of nitrogens with one attached hydrogen (secondary N) is 2. The largest absolute Gasteiger partial charge is 0.482 e. The molecule has 3 rings (SSSR count). The lowest BCUT2D eigenvalue weighted by Gasteiger charge is -2.22. The molecular formula is C19H20N2O6. The van der Waals surface area contributed by atoms with E-state index in [0.717, 1.165) is 5.56 Å². The number of rotatable bonds is 6. The number of amides is 2. The van der Waals surface area contributed by atoms with Crippen molar-refractivity contribution in [3.63, 3.8) is 0 Å². The Balaban J connectivity index is 1.49. The normalized spacial score (nSPS) is 15.0. The van der Waals surface area contributed by atoms with Crippen LogP contribution in [0.2, 0.25) is 0 Å². The molecule has 8 nitrogen and oxygen atoms in total. The number of benzene rings is 2. The van der Waals surface area contributed by atoms with Gasteiger partial charge in [-0.3, -0.25) is 4.79 Å². The summed E-state index contributed by atoms with van der Waals surface area (Å²) in [5.74, 6) is 0.155. The van der Waals surface area contributed by atoms with Gasteiger partial charge in [-0.25, -0.2) is 4.79 Å². The van der Waals surface area contributed by atoms with Crippen LogP contribution in [0.4, 0.5) is 10.5 Å². The second kappa shape index (κ2) is 8.52. The van der Waals surface area contributed by atoms with Crippen LogP contribution in [0.25, 0.3) is 0 Å². The van der Waals surface area contributed by atoms with E-state index >= 15 is 0 Å². The number of hydrogen-bond acceptors (Lipinski definition) is 6. The zero-order valence-corrected chi connectivity index (χ0v) is 14.4. The van der Waals surface area contributed by atoms with Crippen molar-refractivity contribution < 1.29 is 29.3 Å². The number of fused-ring (bicyclic) bond motifs is 1. The van der Waals surface area contributed by atoms with Crippen molar-refractivity contribution in [2.45, 2.75) is 18.8 Å². The number of aliphatic hydroxyl groups is 2. The molecule has 0 radical (unpaired) electrons. The SMILES string of the molecule is O=C1COc2cc(C(O)C(O)CNC(=O)OCc3ccccc3)ccc2N1. The summed E-state index contributed by atoms with van der Waals surface area (Å²) in [6, 6.07) is 13.9. The quantitative estimate of drug-likeness (QED) is 0.608. The first kappa shape index (κ1) is 18.7. The minimum absolute atomic E-state index is 0.107. The fraction of sp³-hybridized carbons (Fsp3) is 0.263. The average Bonchev–Trinajstić information content (AvgIpc) is 2.70. The molecule has 2 unspecified atom stereocenters. The minimum atomic E-state index is -1.24. The third-order valence-corrected chi connectivity index (χ3v) is 4.01. The van der Waals surface area contributed by atoms with Gasteiger partial charge in [-0.15, -0.1) is 0 Å². The van der Waals surface area contributed by atoms with Gasteiger partial charge in [0, 0.05) is 6.54 Å². The van der Waals surface area contributed by atoms with Crippen LogP contribution in [0.3, 0.4) is 0 Å². The molecule has 0 aromatic heterocycles. The van der Waals surface area contributed by atoms with Gasteiger partial charge in [0.25, 0.3) is 5.91 Å². The highest BCUT2D eigenvalue weighted by Crippen LogP contribution is 2.31. The highest BCUT2D eigenvalue weighted by atomic mass is 16.5. The lowest BCUT2D eigenvalue weighted by Crippen LogP contribution is -2.35. The Labute approximate surface area is 155 Å². The molecule has 4 N–H and O–H groups in total. The molecule has 0 spiro atoms. The van der Waals surface area contributed by atoms with E-state index in [1.807, 2.05) is 30.3 Å². The molecular weight excluding hydrogens is 352 g/mol. The van der Waals surface area contributed by atoms with Gasteiger partial charge in [-0.1, -0.05) is 36.4 Å². The lowest BCUT2D eigenvalue weighted by atomic mass is 10.0. The van der Waals surface area contributed by atoms with Crippen LogP contribution in [-0.2, 0) is 16.1 Å². The number of ether oxygens (including phenoxy) is 2. The third kappa shape index (κ3) is 4.96. The molecule has 2 aromatic carbocycles. The van der Waals surface area contributed by atoms with E-state index in [1.54, 1.807) is 12.1 Å². The Kier molecular flexibility index (Phi) is 5.90. The summed E-state index contributed by atoms with van der Waals surface area (Å²) < 4.78 is 10.3. The summed E-state index contributed by atoms with van der Waals surface area (Å²) in [4.78, 5) is 23.0. The van der Waals surface area contributed by atoms with Crippen LogP contribution < -0.4 is 15.4 Å². The Morgan fingerprint density at radius 2 is 2.00 bits per heavy atom. The number of carbonyl (C=O) groups is 2. The molecule has 1 aliphatic rings. The number of carbonyl (C=O) groups excluding carboxylic acids is 2. The molecule has 1 heterocycles. The maximum atomic E-state index is 11.7. The molecule has 8 heteroatoms. The number of alkyl carbamates (subject to hydrolysis) is 1. The Hall–Kier alpha value is -3.10. The first-order valence-corrected chi connectivity index (χ1v) is 8.40. The van der Waals surface area contributed by atoms with Crippen LogP contribution in [0.5, 0.6) is 5.75 Å². The maximum Gasteiger partial charge on any atom is 0.407 e. The molecule has 2 atom stereocenters. The second-order valence-electron chi connectivity index (χ2n) is 6.05. The Morgan fingerprint density at radius 1 is 1.22 bits per heavy atom. The maximum absolute atomic E-state index is 11.7. The van der Waals surface area contributed by atoms with Crippen molar-refractivity contribution in [3.8, 4) is 5.75 Å². The van der Waals surface area contributed by atoms with Crippen LogP contribution in [0, 0.1) is 0 Å². The van der Waals surface area contributed by atoms with E-state index in [-0.39, 0.29) is 25.7 Å². The Morgan fingerprint density at radius 3 is 2.78 bits per heavy atom. The van der Waals surface area contributed by atoms with E-state index in [1.165, 1.54) is 6.07 Å². The van der Waals surface area contributed by atoms with Crippen molar-refractivity contribution >= 4 is 17.7 Å². The standard InChI is InChI=1S/C19H20N2O6/c22-15(9-20-19(25)27-10-12-4-2-1-3-5-12)18(24)13-6-7-14-16(8-13)26-11-17(23)21-14/h1-8,15,18,22,24H,9-11H2,(H,20,25)(H,21,23). The predicted octanol–water partition coefficient (Wildman–Crippen LogP) is 1.34. The van der Waals surface area contributed by atoms with Gasteiger partial charge in [0.2, 0.25) is 0 Å². The Bertz CT molecular complexity index is 811. The summed E-state index contributed by atoms with van der Waals surface area (Å²) in [7, 11) is 0. The number of aliphatic hydroxyl groups excluding tert-OH is 2. The number of anilines is 1. The van der Waals surface area contributed by atoms with Crippen LogP contribution in [0.1, 0.15) is 17.2 Å². The van der Waals surface area contributed by atoms with E-state index in [0.29, 0.717) is 17.0 Å². The van der Waals surface area contributed by atoms with Gasteiger partial charge in [0.15, 0.2) is 6.61 Å². The molecule has 0 saturated heterocycles. The first-order valence-electron chi connectivity index (χ1n) is 8.40. The summed E-state index contributed by atoms with van der Waals surface area (Å²) in [6.07, 6.45) is -3.18. The van der Waals surface area contributed by atoms with Crippen LogP contribution >= 0.6 is 0 Å². The fourth-order valence-electron chi connectivity index (χ4n) is 2.57. The average molecular weight is 372 g/mol. The van der Waals surface area contributed by atoms with Crippen molar-refractivity contribution in [1.82, 2.24) is 5.32 Å². The van der Waals surface area contributed by atoms with Crippen LogP contribution in [-0.4, -0.2) is 41.5 Å². The zero-order valence-electron chi connectivity index (χ0n) is 14.4.